The van der Waals surface area contributed by atoms with E-state index in [0.717, 1.165) is 70.9 Å². The summed E-state index contributed by atoms with van der Waals surface area (Å²) in [4.78, 5) is 14.8. The molecule has 5 atom stereocenters. The van der Waals surface area contributed by atoms with Crippen molar-refractivity contribution in [2.45, 2.75) is 83.2 Å². The minimum Gasteiger partial charge on any atom is -0.410 e. The summed E-state index contributed by atoms with van der Waals surface area (Å²) < 4.78 is 5.87. The summed E-state index contributed by atoms with van der Waals surface area (Å²) in [6.45, 7) is 6.76. The van der Waals surface area contributed by atoms with E-state index in [1.807, 2.05) is 6.07 Å². The summed E-state index contributed by atoms with van der Waals surface area (Å²) in [7, 11) is 0. The molecule has 3 aliphatic rings. The molecule has 4 rings (SSSR count). The number of nitrogens with zero attached hydrogens (tertiary/aromatic N) is 1. The third kappa shape index (κ3) is 6.07. The molecule has 2 saturated carbocycles. The van der Waals surface area contributed by atoms with Crippen LogP contribution in [0, 0.1) is 17.3 Å². The third-order valence-corrected chi connectivity index (χ3v) is 9.33. The van der Waals surface area contributed by atoms with E-state index in [1.54, 1.807) is 4.90 Å². The molecule has 1 amide bonds. The number of unbranched alkanes of at least 4 members (excludes halogenated alkanes) is 1. The number of benzene rings is 1. The highest BCUT2D eigenvalue weighted by atomic mass is 16.6. The van der Waals surface area contributed by atoms with Gasteiger partial charge < -0.3 is 31.5 Å². The highest BCUT2D eigenvalue weighted by Gasteiger charge is 2.54. The van der Waals surface area contributed by atoms with Crippen molar-refractivity contribution in [3.8, 4) is 5.75 Å². The van der Waals surface area contributed by atoms with Gasteiger partial charge in [-0.15, -0.1) is 0 Å². The normalized spacial score (nSPS) is 28.8. The molecule has 0 saturated heterocycles. The van der Waals surface area contributed by atoms with Crippen LogP contribution in [-0.4, -0.2) is 61.5 Å². The summed E-state index contributed by atoms with van der Waals surface area (Å²) in [5, 5.41) is 14.0. The molecule has 202 valence electrons. The fourth-order valence-electron chi connectivity index (χ4n) is 7.24. The summed E-state index contributed by atoms with van der Waals surface area (Å²) >= 11 is 0. The Kier molecular flexibility index (Phi) is 9.67. The summed E-state index contributed by atoms with van der Waals surface area (Å²) in [5.74, 6) is 2.51. The van der Waals surface area contributed by atoms with E-state index in [4.69, 9.17) is 16.2 Å². The molecule has 0 aliphatic heterocycles. The van der Waals surface area contributed by atoms with E-state index < -0.39 is 0 Å². The molecule has 7 heteroatoms. The maximum atomic E-state index is 13.0. The molecule has 0 spiro atoms. The molecular formula is C29H48N4O3. The molecule has 36 heavy (non-hydrogen) atoms. The standard InChI is InChI=1S/C29H48N4O3/c1-29-13-12-24-23-9-7-22(20-21(23)6-8-25(24)26(29)10-11-27(29)34)36-28(35)33(19-5-15-31)18-3-2-16-32-17-4-14-30/h7,9,20,24-27,32,34H,2-6,8,10-19,30-31H2,1H3. The zero-order valence-corrected chi connectivity index (χ0v) is 22.2. The monoisotopic (exact) mass is 500 g/mol. The van der Waals surface area contributed by atoms with Gasteiger partial charge in [-0.05, 0) is 137 Å². The third-order valence-electron chi connectivity index (χ3n) is 9.33. The molecule has 1 aromatic carbocycles. The van der Waals surface area contributed by atoms with Crippen LogP contribution in [0.3, 0.4) is 0 Å². The van der Waals surface area contributed by atoms with E-state index in [2.05, 4.69) is 24.4 Å². The lowest BCUT2D eigenvalue weighted by molar-refractivity contribution is -0.0226. The Balaban J connectivity index is 1.34. The highest BCUT2D eigenvalue weighted by molar-refractivity contribution is 5.70. The molecule has 0 radical (unpaired) electrons. The number of rotatable bonds is 12. The van der Waals surface area contributed by atoms with Crippen LogP contribution in [0.4, 0.5) is 4.79 Å². The molecule has 7 nitrogen and oxygen atoms in total. The number of nitrogens with two attached hydrogens (primary N) is 2. The van der Waals surface area contributed by atoms with Crippen molar-refractivity contribution < 1.29 is 14.6 Å². The Morgan fingerprint density at radius 3 is 2.67 bits per heavy atom. The van der Waals surface area contributed by atoms with Crippen molar-refractivity contribution in [2.24, 2.45) is 28.7 Å². The van der Waals surface area contributed by atoms with Gasteiger partial charge in [0, 0.05) is 13.1 Å². The van der Waals surface area contributed by atoms with Gasteiger partial charge >= 0.3 is 6.09 Å². The van der Waals surface area contributed by atoms with Crippen LogP contribution < -0.4 is 21.5 Å². The van der Waals surface area contributed by atoms with Crippen LogP contribution in [0.1, 0.15) is 81.8 Å². The highest BCUT2D eigenvalue weighted by Crippen LogP contribution is 2.60. The lowest BCUT2D eigenvalue weighted by Crippen LogP contribution is -2.43. The first-order valence-corrected chi connectivity index (χ1v) is 14.4. The average Bonchev–Trinajstić information content (AvgIpc) is 3.19. The second kappa shape index (κ2) is 12.7. The van der Waals surface area contributed by atoms with Gasteiger partial charge in [-0.1, -0.05) is 13.0 Å². The maximum absolute atomic E-state index is 13.0. The molecule has 3 aliphatic carbocycles. The minimum absolute atomic E-state index is 0.0989. The number of hydrogen-bond donors (Lipinski definition) is 4. The number of carbonyl (C=O) groups excluding carboxylic acids is 1. The van der Waals surface area contributed by atoms with Crippen LogP contribution in [-0.2, 0) is 6.42 Å². The summed E-state index contributed by atoms with van der Waals surface area (Å²) in [6, 6.07) is 6.29. The number of amides is 1. The van der Waals surface area contributed by atoms with Gasteiger partial charge in [0.15, 0.2) is 0 Å². The largest absolute Gasteiger partial charge is 0.415 e. The van der Waals surface area contributed by atoms with Crippen LogP contribution in [0.5, 0.6) is 5.75 Å². The molecule has 1 aromatic rings. The van der Waals surface area contributed by atoms with Gasteiger partial charge in [0.2, 0.25) is 0 Å². The molecule has 2 fully saturated rings. The minimum atomic E-state index is -0.276. The molecule has 6 N–H and O–H groups in total. The SMILES string of the molecule is CC12CCC3c4ccc(OC(=O)N(CCCN)CCCCNCCCN)cc4CCC3C1CCC2O. The fourth-order valence-corrected chi connectivity index (χ4v) is 7.24. The van der Waals surface area contributed by atoms with E-state index >= 15 is 0 Å². The second-order valence-corrected chi connectivity index (χ2v) is 11.5. The number of aryl methyl sites for hydroxylation is 1. The van der Waals surface area contributed by atoms with E-state index in [-0.39, 0.29) is 17.6 Å². The lowest BCUT2D eigenvalue weighted by Gasteiger charge is -2.50. The van der Waals surface area contributed by atoms with E-state index in [0.29, 0.717) is 49.7 Å². The fraction of sp³-hybridized carbons (Fsp3) is 0.759. The van der Waals surface area contributed by atoms with Gasteiger partial charge in [0.05, 0.1) is 6.10 Å². The Morgan fingerprint density at radius 1 is 1.08 bits per heavy atom. The lowest BCUT2D eigenvalue weighted by atomic mass is 9.55. The van der Waals surface area contributed by atoms with Gasteiger partial charge in [0.1, 0.15) is 5.75 Å². The zero-order chi connectivity index (χ0) is 25.5. The number of carbonyl (C=O) groups is 1. The van der Waals surface area contributed by atoms with Gasteiger partial charge in [0.25, 0.3) is 0 Å². The van der Waals surface area contributed by atoms with Crippen LogP contribution in [0.2, 0.25) is 0 Å². The number of ether oxygens (including phenoxy) is 1. The number of nitrogens with one attached hydrogen (secondary N) is 1. The quantitative estimate of drug-likeness (QED) is 0.325. The van der Waals surface area contributed by atoms with Crippen molar-refractivity contribution in [1.29, 1.82) is 0 Å². The predicted molar refractivity (Wildman–Crippen MR) is 144 cm³/mol. The maximum Gasteiger partial charge on any atom is 0.415 e. The smallest absolute Gasteiger partial charge is 0.410 e. The molecule has 5 unspecified atom stereocenters. The second-order valence-electron chi connectivity index (χ2n) is 11.5. The average molecular weight is 501 g/mol. The van der Waals surface area contributed by atoms with E-state index in [1.165, 1.54) is 17.5 Å². The Hall–Kier alpha value is -1.67. The van der Waals surface area contributed by atoms with Crippen LogP contribution >= 0.6 is 0 Å². The predicted octanol–water partition coefficient (Wildman–Crippen LogP) is 3.77. The van der Waals surface area contributed by atoms with Crippen molar-refractivity contribution in [1.82, 2.24) is 10.2 Å². The van der Waals surface area contributed by atoms with Crippen LogP contribution in [0.25, 0.3) is 0 Å². The summed E-state index contributed by atoms with van der Waals surface area (Å²) in [6.07, 6.45) is 9.84. The Labute approximate surface area is 217 Å². The van der Waals surface area contributed by atoms with Crippen LogP contribution in [0.15, 0.2) is 18.2 Å². The first-order chi connectivity index (χ1) is 17.5. The molecule has 0 bridgehead atoms. The van der Waals surface area contributed by atoms with Gasteiger partial charge in [-0.25, -0.2) is 4.79 Å². The van der Waals surface area contributed by atoms with Gasteiger partial charge in [-0.3, -0.25) is 0 Å². The Bertz CT molecular complexity index is 865. The first kappa shape index (κ1) is 27.4. The van der Waals surface area contributed by atoms with Crippen molar-refractivity contribution in [2.75, 3.05) is 39.3 Å². The number of aliphatic hydroxyl groups is 1. The first-order valence-electron chi connectivity index (χ1n) is 14.4. The van der Waals surface area contributed by atoms with E-state index in [9.17, 15) is 9.90 Å². The van der Waals surface area contributed by atoms with Crippen molar-refractivity contribution >= 4 is 6.09 Å². The van der Waals surface area contributed by atoms with Gasteiger partial charge in [-0.2, -0.15) is 0 Å². The topological polar surface area (TPSA) is 114 Å². The number of aliphatic hydroxyl groups excluding tert-OH is 1. The molecule has 0 heterocycles. The van der Waals surface area contributed by atoms with Crippen molar-refractivity contribution in [3.05, 3.63) is 29.3 Å². The number of hydrogen-bond acceptors (Lipinski definition) is 6. The summed E-state index contributed by atoms with van der Waals surface area (Å²) in [5.41, 5.74) is 14.1. The Morgan fingerprint density at radius 2 is 1.86 bits per heavy atom. The van der Waals surface area contributed by atoms with Crippen molar-refractivity contribution in [3.63, 3.8) is 0 Å². The zero-order valence-electron chi connectivity index (χ0n) is 22.2. The molecular weight excluding hydrogens is 452 g/mol. The number of fused-ring (bicyclic) bond motifs is 5. The molecule has 0 aromatic heterocycles.